The van der Waals surface area contributed by atoms with E-state index in [2.05, 4.69) is 5.32 Å². The van der Waals surface area contributed by atoms with Crippen LogP contribution in [0.3, 0.4) is 0 Å². The fourth-order valence-electron chi connectivity index (χ4n) is 1.28. The molecule has 2 atom stereocenters. The van der Waals surface area contributed by atoms with Crippen molar-refractivity contribution >= 4 is 41.9 Å². The second-order valence-electron chi connectivity index (χ2n) is 2.84. The first-order valence-corrected chi connectivity index (χ1v) is 3.86. The SMILES string of the molecule is CC(O)C(C(=O)O)[N+]1=CNCC1.[NaH]. The summed E-state index contributed by atoms with van der Waals surface area (Å²) < 4.78 is 1.59. The molecule has 1 rings (SSSR count). The van der Waals surface area contributed by atoms with E-state index in [9.17, 15) is 9.90 Å². The molecule has 1 heterocycles. The minimum absolute atomic E-state index is 0. The molecular weight excluding hydrogens is 183 g/mol. The van der Waals surface area contributed by atoms with Crippen LogP contribution in [-0.2, 0) is 4.79 Å². The van der Waals surface area contributed by atoms with Crippen LogP contribution in [0.5, 0.6) is 0 Å². The third kappa shape index (κ3) is 3.27. The van der Waals surface area contributed by atoms with Crippen molar-refractivity contribution in [2.75, 3.05) is 13.1 Å². The molecule has 0 aromatic carbocycles. The van der Waals surface area contributed by atoms with Gasteiger partial charge in [0, 0.05) is 0 Å². The minimum atomic E-state index is -0.995. The summed E-state index contributed by atoms with van der Waals surface area (Å²) in [5.41, 5.74) is 0. The summed E-state index contributed by atoms with van der Waals surface area (Å²) in [4.78, 5) is 10.7. The van der Waals surface area contributed by atoms with E-state index in [1.165, 1.54) is 6.92 Å². The molecule has 0 aliphatic carbocycles. The van der Waals surface area contributed by atoms with Crippen molar-refractivity contribution in [3.05, 3.63) is 0 Å². The number of carbonyl (C=O) groups is 1. The quantitative estimate of drug-likeness (QED) is 0.355. The van der Waals surface area contributed by atoms with Crippen molar-refractivity contribution in [1.29, 1.82) is 0 Å². The molecule has 0 bridgehead atoms. The number of carboxylic acid groups (broad SMARTS) is 1. The molecule has 0 spiro atoms. The van der Waals surface area contributed by atoms with Crippen LogP contribution < -0.4 is 5.32 Å². The van der Waals surface area contributed by atoms with Crippen LogP contribution in [0.25, 0.3) is 0 Å². The topological polar surface area (TPSA) is 72.6 Å². The van der Waals surface area contributed by atoms with Gasteiger partial charge in [-0.05, 0) is 6.92 Å². The van der Waals surface area contributed by atoms with E-state index >= 15 is 0 Å². The molecule has 0 amide bonds. The Labute approximate surface area is 98.7 Å². The number of nitrogens with one attached hydrogen (secondary N) is 1. The molecule has 0 radical (unpaired) electrons. The molecule has 1 aliphatic rings. The van der Waals surface area contributed by atoms with E-state index in [1.807, 2.05) is 0 Å². The molecule has 1 aliphatic heterocycles. The van der Waals surface area contributed by atoms with Gasteiger partial charge in [-0.15, -0.1) is 0 Å². The molecular formula is C7H14N2NaO3+. The van der Waals surface area contributed by atoms with Gasteiger partial charge in [-0.25, -0.2) is 9.37 Å². The van der Waals surface area contributed by atoms with Crippen LogP contribution >= 0.6 is 0 Å². The van der Waals surface area contributed by atoms with Crippen molar-refractivity contribution in [3.63, 3.8) is 0 Å². The summed E-state index contributed by atoms with van der Waals surface area (Å²) in [5, 5.41) is 20.8. The monoisotopic (exact) mass is 197 g/mol. The summed E-state index contributed by atoms with van der Waals surface area (Å²) in [6.45, 7) is 2.84. The van der Waals surface area contributed by atoms with Gasteiger partial charge >= 0.3 is 35.5 Å². The summed E-state index contributed by atoms with van der Waals surface area (Å²) in [6.07, 6.45) is 0.740. The van der Waals surface area contributed by atoms with E-state index < -0.39 is 18.1 Å². The van der Waals surface area contributed by atoms with Gasteiger partial charge in [-0.3, -0.25) is 5.32 Å². The van der Waals surface area contributed by atoms with Gasteiger partial charge in [0.25, 0.3) is 0 Å². The maximum atomic E-state index is 10.7. The molecule has 13 heavy (non-hydrogen) atoms. The van der Waals surface area contributed by atoms with Gasteiger partial charge in [-0.2, -0.15) is 0 Å². The first kappa shape index (κ1) is 12.9. The normalized spacial score (nSPS) is 19.4. The predicted octanol–water partition coefficient (Wildman–Crippen LogP) is -2.18. The van der Waals surface area contributed by atoms with E-state index in [-0.39, 0.29) is 29.6 Å². The average molecular weight is 197 g/mol. The van der Waals surface area contributed by atoms with Crippen LogP contribution in [0.2, 0.25) is 0 Å². The molecule has 2 unspecified atom stereocenters. The summed E-state index contributed by atoms with van der Waals surface area (Å²) >= 11 is 0. The van der Waals surface area contributed by atoms with Gasteiger partial charge in [-0.1, -0.05) is 0 Å². The molecule has 0 saturated carbocycles. The Balaban J connectivity index is 0.00000144. The Morgan fingerprint density at radius 2 is 2.31 bits per heavy atom. The van der Waals surface area contributed by atoms with Crippen molar-refractivity contribution in [3.8, 4) is 0 Å². The van der Waals surface area contributed by atoms with Crippen LogP contribution in [-0.4, -0.2) is 81.9 Å². The van der Waals surface area contributed by atoms with Crippen molar-refractivity contribution < 1.29 is 19.6 Å². The van der Waals surface area contributed by atoms with Crippen LogP contribution in [0.15, 0.2) is 0 Å². The van der Waals surface area contributed by atoms with Crippen LogP contribution in [0.1, 0.15) is 6.92 Å². The molecule has 3 N–H and O–H groups in total. The Bertz CT molecular complexity index is 218. The Hall–Kier alpha value is -0.100. The molecule has 0 fully saturated rings. The Morgan fingerprint density at radius 1 is 1.69 bits per heavy atom. The van der Waals surface area contributed by atoms with Gasteiger partial charge in [0.2, 0.25) is 12.4 Å². The third-order valence-corrected chi connectivity index (χ3v) is 1.84. The summed E-state index contributed by atoms with van der Waals surface area (Å²) in [7, 11) is 0. The number of hydrogen-bond acceptors (Lipinski definition) is 3. The van der Waals surface area contributed by atoms with Crippen LogP contribution in [0, 0.1) is 0 Å². The Kier molecular flexibility index (Phi) is 5.55. The summed E-state index contributed by atoms with van der Waals surface area (Å²) in [6, 6.07) is -0.833. The van der Waals surface area contributed by atoms with Gasteiger partial charge in [0.15, 0.2) is 0 Å². The standard InChI is InChI=1S/C7H12N2O3.Na.H/c1-5(10)6(7(11)12)9-3-2-8-4-9;;/h4-6,10H,2-3H2,1H3,(H,11,12);;/p+1. The Morgan fingerprint density at radius 3 is 2.62 bits per heavy atom. The maximum absolute atomic E-state index is 10.7. The summed E-state index contributed by atoms with van der Waals surface area (Å²) in [5.74, 6) is -0.995. The molecule has 0 aromatic rings. The number of hydrogen-bond donors (Lipinski definition) is 3. The molecule has 0 saturated heterocycles. The molecule has 70 valence electrons. The van der Waals surface area contributed by atoms with Crippen molar-refractivity contribution in [2.24, 2.45) is 0 Å². The van der Waals surface area contributed by atoms with E-state index in [1.54, 1.807) is 10.9 Å². The number of aliphatic hydroxyl groups is 1. The van der Waals surface area contributed by atoms with E-state index in [0.29, 0.717) is 6.54 Å². The fourth-order valence-corrected chi connectivity index (χ4v) is 1.28. The van der Waals surface area contributed by atoms with E-state index in [4.69, 9.17) is 5.11 Å². The van der Waals surface area contributed by atoms with Crippen molar-refractivity contribution in [2.45, 2.75) is 19.1 Å². The first-order chi connectivity index (χ1) is 5.63. The molecule has 6 heteroatoms. The average Bonchev–Trinajstić information content (AvgIpc) is 2.37. The second kappa shape index (κ2) is 5.59. The van der Waals surface area contributed by atoms with Gasteiger partial charge < -0.3 is 10.2 Å². The molecule has 0 aromatic heterocycles. The number of nitrogens with zero attached hydrogens (tertiary/aromatic N) is 1. The zero-order valence-electron chi connectivity index (χ0n) is 6.90. The van der Waals surface area contributed by atoms with Gasteiger partial charge in [0.05, 0.1) is 0 Å². The number of rotatable bonds is 3. The predicted molar refractivity (Wildman–Crippen MR) is 49.4 cm³/mol. The number of aliphatic carboxylic acids is 1. The third-order valence-electron chi connectivity index (χ3n) is 1.84. The van der Waals surface area contributed by atoms with Crippen molar-refractivity contribution in [1.82, 2.24) is 5.32 Å². The fraction of sp³-hybridized carbons (Fsp3) is 0.714. The number of carboxylic acids is 1. The molecule has 5 nitrogen and oxygen atoms in total. The number of aliphatic hydroxyl groups excluding tert-OH is 1. The van der Waals surface area contributed by atoms with Gasteiger partial charge in [0.1, 0.15) is 19.2 Å². The first-order valence-electron chi connectivity index (χ1n) is 3.86. The zero-order chi connectivity index (χ0) is 9.14. The second-order valence-corrected chi connectivity index (χ2v) is 2.84. The van der Waals surface area contributed by atoms with E-state index in [0.717, 1.165) is 6.54 Å². The zero-order valence-corrected chi connectivity index (χ0v) is 6.90. The van der Waals surface area contributed by atoms with Crippen LogP contribution in [0.4, 0.5) is 0 Å².